The lowest BCUT2D eigenvalue weighted by Gasteiger charge is -2.20. The number of nitrogens with zero attached hydrogens (tertiary/aromatic N) is 1. The van der Waals surface area contributed by atoms with Crippen LogP contribution in [0.2, 0.25) is 0 Å². The smallest absolute Gasteiger partial charge is 0.269 e. The quantitative estimate of drug-likeness (QED) is 0.373. The molecule has 0 aromatic heterocycles. The molecule has 0 bridgehead atoms. The van der Waals surface area contributed by atoms with Crippen LogP contribution in [0.5, 0.6) is 5.75 Å². The maximum atomic E-state index is 14.1. The average molecular weight is 367 g/mol. The molecule has 0 aliphatic rings. The number of hydrogen-bond acceptors (Lipinski definition) is 4. The molecule has 3 aromatic rings. The molecule has 132 valence electrons. The van der Waals surface area contributed by atoms with Gasteiger partial charge in [-0.1, -0.05) is 60.7 Å². The molecule has 3 rings (SSSR count). The highest BCUT2D eigenvalue weighted by Crippen LogP contribution is 2.48. The van der Waals surface area contributed by atoms with E-state index in [1.807, 2.05) is 60.7 Å². The Bertz CT molecular complexity index is 915. The van der Waals surface area contributed by atoms with Gasteiger partial charge in [0, 0.05) is 34.5 Å². The molecule has 0 N–H and O–H groups in total. The second-order valence-electron chi connectivity index (χ2n) is 5.82. The van der Waals surface area contributed by atoms with Crippen molar-refractivity contribution < 1.29 is 14.2 Å². The largest absolute Gasteiger partial charge is 0.496 e. The van der Waals surface area contributed by atoms with E-state index in [9.17, 15) is 14.7 Å². The summed E-state index contributed by atoms with van der Waals surface area (Å²) in [7, 11) is -1.54. The lowest BCUT2D eigenvalue weighted by Crippen LogP contribution is -2.17. The minimum atomic E-state index is -3.04. The van der Waals surface area contributed by atoms with Gasteiger partial charge in [-0.15, -0.1) is 0 Å². The first-order chi connectivity index (χ1) is 12.5. The molecule has 0 saturated carbocycles. The number of rotatable bonds is 6. The fourth-order valence-corrected chi connectivity index (χ4v) is 5.61. The molecule has 26 heavy (non-hydrogen) atoms. The van der Waals surface area contributed by atoms with E-state index in [-0.39, 0.29) is 11.8 Å². The number of nitro groups is 1. The third-order valence-electron chi connectivity index (χ3n) is 4.21. The lowest BCUT2D eigenvalue weighted by molar-refractivity contribution is -0.384. The van der Waals surface area contributed by atoms with Crippen LogP contribution in [0.4, 0.5) is 5.69 Å². The van der Waals surface area contributed by atoms with Crippen LogP contribution < -0.4 is 15.3 Å². The minimum absolute atomic E-state index is 0.0477. The zero-order valence-corrected chi connectivity index (χ0v) is 15.1. The Hall–Kier alpha value is -2.91. The van der Waals surface area contributed by atoms with Gasteiger partial charge < -0.3 is 9.30 Å². The zero-order chi connectivity index (χ0) is 18.6. The van der Waals surface area contributed by atoms with Crippen molar-refractivity contribution in [1.82, 2.24) is 0 Å². The Morgan fingerprint density at radius 2 is 1.46 bits per heavy atom. The summed E-state index contributed by atoms with van der Waals surface area (Å²) in [5.74, 6) is 0.489. The Morgan fingerprint density at radius 1 is 0.923 bits per heavy atom. The Balaban J connectivity index is 2.15. The molecule has 5 nitrogen and oxygen atoms in total. The van der Waals surface area contributed by atoms with Crippen molar-refractivity contribution in [2.24, 2.45) is 0 Å². The molecule has 0 fully saturated rings. The summed E-state index contributed by atoms with van der Waals surface area (Å²) >= 11 is 0. The zero-order valence-electron chi connectivity index (χ0n) is 14.2. The Morgan fingerprint density at radius 3 is 1.92 bits per heavy atom. The van der Waals surface area contributed by atoms with Gasteiger partial charge in [-0.2, -0.15) is 0 Å². The maximum absolute atomic E-state index is 14.1. The first-order valence-corrected chi connectivity index (χ1v) is 9.95. The molecular formula is C20H18NO4P. The van der Waals surface area contributed by atoms with Gasteiger partial charge in [-0.05, 0) is 6.07 Å². The molecule has 0 saturated heterocycles. The van der Waals surface area contributed by atoms with Crippen molar-refractivity contribution in [3.8, 4) is 5.75 Å². The molecule has 3 aromatic carbocycles. The molecule has 0 unspecified atom stereocenters. The fourth-order valence-electron chi connectivity index (χ4n) is 2.91. The van der Waals surface area contributed by atoms with Crippen molar-refractivity contribution in [2.75, 3.05) is 7.11 Å². The summed E-state index contributed by atoms with van der Waals surface area (Å²) in [6, 6.07) is 22.8. The van der Waals surface area contributed by atoms with Gasteiger partial charge in [-0.25, -0.2) is 0 Å². The van der Waals surface area contributed by atoms with Gasteiger partial charge in [0.25, 0.3) is 5.69 Å². The van der Waals surface area contributed by atoms with Crippen LogP contribution in [-0.2, 0) is 10.7 Å². The van der Waals surface area contributed by atoms with Crippen molar-refractivity contribution in [3.05, 3.63) is 94.5 Å². The molecule has 6 heteroatoms. The van der Waals surface area contributed by atoms with Gasteiger partial charge in [-0.3, -0.25) is 10.1 Å². The van der Waals surface area contributed by atoms with Crippen LogP contribution in [0.3, 0.4) is 0 Å². The number of nitro benzene ring substituents is 1. The molecule has 0 spiro atoms. The molecule has 0 radical (unpaired) electrons. The third kappa shape index (κ3) is 3.53. The maximum Gasteiger partial charge on any atom is 0.269 e. The third-order valence-corrected chi connectivity index (χ3v) is 7.26. The van der Waals surface area contributed by atoms with Crippen LogP contribution in [0.1, 0.15) is 5.56 Å². The van der Waals surface area contributed by atoms with E-state index in [1.54, 1.807) is 6.07 Å². The van der Waals surface area contributed by atoms with E-state index in [1.165, 1.54) is 19.2 Å². The van der Waals surface area contributed by atoms with Crippen molar-refractivity contribution in [1.29, 1.82) is 0 Å². The summed E-state index contributed by atoms with van der Waals surface area (Å²) in [5.41, 5.74) is 0.506. The van der Waals surface area contributed by atoms with Crippen molar-refractivity contribution in [2.45, 2.75) is 6.16 Å². The normalized spacial score (nSPS) is 11.1. The second kappa shape index (κ2) is 7.54. The highest BCUT2D eigenvalue weighted by molar-refractivity contribution is 7.78. The van der Waals surface area contributed by atoms with E-state index >= 15 is 0 Å². The number of non-ortho nitro benzene ring substituents is 1. The number of benzene rings is 3. The topological polar surface area (TPSA) is 69.4 Å². The SMILES string of the molecule is COc1ccc([N+](=O)[O-])cc1CP(=O)(c1ccccc1)c1ccccc1. The predicted octanol–water partition coefficient (Wildman–Crippen LogP) is 4.12. The number of hydrogen-bond donors (Lipinski definition) is 0. The molecule has 0 amide bonds. The summed E-state index contributed by atoms with van der Waals surface area (Å²) in [5, 5.41) is 12.6. The van der Waals surface area contributed by atoms with Gasteiger partial charge in [0.2, 0.25) is 0 Å². The predicted molar refractivity (Wildman–Crippen MR) is 103 cm³/mol. The Labute approximate surface area is 151 Å². The Kier molecular flexibility index (Phi) is 5.19. The summed E-state index contributed by atoms with van der Waals surface area (Å²) < 4.78 is 19.5. The van der Waals surface area contributed by atoms with Crippen molar-refractivity contribution in [3.63, 3.8) is 0 Å². The first-order valence-electron chi connectivity index (χ1n) is 8.06. The van der Waals surface area contributed by atoms with E-state index in [0.29, 0.717) is 21.9 Å². The van der Waals surface area contributed by atoms with Crippen LogP contribution in [-0.4, -0.2) is 12.0 Å². The molecule has 0 aliphatic heterocycles. The molecule has 0 heterocycles. The summed E-state index contributed by atoms with van der Waals surface area (Å²) in [4.78, 5) is 10.7. The van der Waals surface area contributed by atoms with E-state index in [4.69, 9.17) is 4.74 Å². The van der Waals surface area contributed by atoms with Gasteiger partial charge in [0.1, 0.15) is 12.9 Å². The first kappa shape index (κ1) is 17.9. The second-order valence-corrected chi connectivity index (χ2v) is 8.65. The highest BCUT2D eigenvalue weighted by atomic mass is 31.2. The summed E-state index contributed by atoms with van der Waals surface area (Å²) in [6.07, 6.45) is 0.145. The number of ether oxygens (including phenoxy) is 1. The van der Waals surface area contributed by atoms with E-state index in [2.05, 4.69) is 0 Å². The molecular weight excluding hydrogens is 349 g/mol. The van der Waals surface area contributed by atoms with Crippen LogP contribution >= 0.6 is 7.14 Å². The van der Waals surface area contributed by atoms with Crippen LogP contribution in [0.25, 0.3) is 0 Å². The van der Waals surface area contributed by atoms with Crippen LogP contribution in [0.15, 0.2) is 78.9 Å². The molecule has 0 atom stereocenters. The molecule has 0 aliphatic carbocycles. The highest BCUT2D eigenvalue weighted by Gasteiger charge is 2.29. The van der Waals surface area contributed by atoms with E-state index < -0.39 is 12.1 Å². The lowest BCUT2D eigenvalue weighted by atomic mass is 10.2. The standard InChI is InChI=1S/C20H18NO4P/c1-25-20-13-12-17(21(22)23)14-16(20)15-26(24,18-8-4-2-5-9-18)19-10-6-3-7-11-19/h2-14H,15H2,1H3. The average Bonchev–Trinajstić information content (AvgIpc) is 2.69. The number of methoxy groups -OCH3 is 1. The monoisotopic (exact) mass is 367 g/mol. The summed E-state index contributed by atoms with van der Waals surface area (Å²) in [6.45, 7) is 0. The van der Waals surface area contributed by atoms with Gasteiger partial charge in [0.15, 0.2) is 0 Å². The van der Waals surface area contributed by atoms with E-state index in [0.717, 1.165) is 0 Å². The minimum Gasteiger partial charge on any atom is -0.496 e. The fraction of sp³-hybridized carbons (Fsp3) is 0.100. The van der Waals surface area contributed by atoms with Crippen molar-refractivity contribution >= 4 is 23.4 Å². The van der Waals surface area contributed by atoms with Gasteiger partial charge in [0.05, 0.1) is 12.0 Å². The van der Waals surface area contributed by atoms with Gasteiger partial charge >= 0.3 is 0 Å². The van der Waals surface area contributed by atoms with Crippen LogP contribution in [0, 0.1) is 10.1 Å².